The van der Waals surface area contributed by atoms with Gasteiger partial charge in [-0.05, 0) is 25.5 Å². The van der Waals surface area contributed by atoms with Crippen LogP contribution in [0.25, 0.3) is 11.4 Å². The third-order valence-electron chi connectivity index (χ3n) is 4.35. The molecule has 0 spiro atoms. The molecule has 3 rings (SSSR count). The van der Waals surface area contributed by atoms with Crippen molar-refractivity contribution in [3.05, 3.63) is 29.8 Å². The number of benzene rings is 1. The Morgan fingerprint density at radius 3 is 2.64 bits per heavy atom. The molecule has 1 atom stereocenters. The van der Waals surface area contributed by atoms with Crippen LogP contribution in [0.2, 0.25) is 0 Å². The van der Waals surface area contributed by atoms with Gasteiger partial charge in [-0.1, -0.05) is 29.8 Å². The zero-order chi connectivity index (χ0) is 18.0. The van der Waals surface area contributed by atoms with Crippen molar-refractivity contribution in [2.45, 2.75) is 32.9 Å². The van der Waals surface area contributed by atoms with Gasteiger partial charge in [0, 0.05) is 18.2 Å². The molecule has 0 radical (unpaired) electrons. The van der Waals surface area contributed by atoms with Crippen molar-refractivity contribution in [3.63, 3.8) is 0 Å². The smallest absolute Gasteiger partial charge is 0.246 e. The van der Waals surface area contributed by atoms with Gasteiger partial charge in [0.15, 0.2) is 9.84 Å². The van der Waals surface area contributed by atoms with E-state index in [9.17, 15) is 13.2 Å². The number of carbonyl (C=O) groups excluding carboxylic acids is 1. The van der Waals surface area contributed by atoms with Gasteiger partial charge in [-0.25, -0.2) is 8.42 Å². The lowest BCUT2D eigenvalue weighted by Gasteiger charge is -2.26. The van der Waals surface area contributed by atoms with Crippen LogP contribution >= 0.6 is 0 Å². The van der Waals surface area contributed by atoms with Gasteiger partial charge in [-0.3, -0.25) is 4.79 Å². The Labute approximate surface area is 146 Å². The lowest BCUT2D eigenvalue weighted by atomic mass is 10.1. The lowest BCUT2D eigenvalue weighted by Crippen LogP contribution is -2.42. The van der Waals surface area contributed by atoms with Gasteiger partial charge in [0.25, 0.3) is 0 Å². The third-order valence-corrected chi connectivity index (χ3v) is 6.10. The molecule has 1 fully saturated rings. The molecule has 1 aromatic carbocycles. The molecule has 0 bridgehead atoms. The summed E-state index contributed by atoms with van der Waals surface area (Å²) >= 11 is 0. The first kappa shape index (κ1) is 17.5. The summed E-state index contributed by atoms with van der Waals surface area (Å²) in [6.07, 6.45) is 0.487. The maximum Gasteiger partial charge on any atom is 0.246 e. The van der Waals surface area contributed by atoms with Crippen LogP contribution in [0.5, 0.6) is 0 Å². The number of amides is 1. The molecule has 1 saturated heterocycles. The molecular formula is C16H21N5O3S. The van der Waals surface area contributed by atoms with Crippen molar-refractivity contribution in [3.8, 4) is 11.4 Å². The fourth-order valence-corrected chi connectivity index (χ4v) is 4.73. The van der Waals surface area contributed by atoms with Crippen LogP contribution in [0.3, 0.4) is 0 Å². The van der Waals surface area contributed by atoms with Crippen LogP contribution in [0.1, 0.15) is 18.9 Å². The molecule has 9 heteroatoms. The largest absolute Gasteiger partial charge is 0.337 e. The second-order valence-electron chi connectivity index (χ2n) is 6.25. The molecular weight excluding hydrogens is 342 g/mol. The Morgan fingerprint density at radius 2 is 2.04 bits per heavy atom. The zero-order valence-corrected chi connectivity index (χ0v) is 15.1. The number of likely N-dealkylation sites (N-methyl/N-ethyl adjacent to an activating group) is 1. The Balaban J connectivity index is 1.69. The van der Waals surface area contributed by atoms with Crippen molar-refractivity contribution in [2.24, 2.45) is 0 Å². The predicted octanol–water partition coefficient (Wildman–Crippen LogP) is 0.684. The van der Waals surface area contributed by atoms with E-state index in [1.165, 1.54) is 4.80 Å². The summed E-state index contributed by atoms with van der Waals surface area (Å²) in [5.41, 5.74) is 1.97. The Bertz CT molecular complexity index is 860. The van der Waals surface area contributed by atoms with E-state index in [2.05, 4.69) is 15.4 Å². The minimum Gasteiger partial charge on any atom is -0.337 e. The number of rotatable bonds is 5. The minimum absolute atomic E-state index is 0.0337. The zero-order valence-electron chi connectivity index (χ0n) is 14.3. The monoisotopic (exact) mass is 363 g/mol. The van der Waals surface area contributed by atoms with Gasteiger partial charge < -0.3 is 4.90 Å². The quantitative estimate of drug-likeness (QED) is 0.775. The van der Waals surface area contributed by atoms with Gasteiger partial charge in [0.2, 0.25) is 11.7 Å². The van der Waals surface area contributed by atoms with Gasteiger partial charge >= 0.3 is 0 Å². The average molecular weight is 363 g/mol. The highest BCUT2D eigenvalue weighted by Gasteiger charge is 2.34. The number of tetrazole rings is 1. The number of hydrogen-bond donors (Lipinski definition) is 0. The predicted molar refractivity (Wildman–Crippen MR) is 92.4 cm³/mol. The SMILES string of the molecule is CCN(C(=O)Cn1nnc(-c2ccc(C)cc2)n1)[C@H]1CCS(=O)(=O)C1. The summed E-state index contributed by atoms with van der Waals surface area (Å²) in [4.78, 5) is 15.4. The highest BCUT2D eigenvalue weighted by molar-refractivity contribution is 7.91. The molecule has 1 aliphatic heterocycles. The molecule has 0 saturated carbocycles. The van der Waals surface area contributed by atoms with Crippen LogP contribution in [0.4, 0.5) is 0 Å². The topological polar surface area (TPSA) is 98.1 Å². The molecule has 1 amide bonds. The highest BCUT2D eigenvalue weighted by Crippen LogP contribution is 2.18. The third kappa shape index (κ3) is 4.04. The molecule has 2 heterocycles. The summed E-state index contributed by atoms with van der Waals surface area (Å²) in [7, 11) is -3.04. The second kappa shape index (κ2) is 6.91. The maximum atomic E-state index is 12.5. The first-order valence-electron chi connectivity index (χ1n) is 8.22. The number of hydrogen-bond acceptors (Lipinski definition) is 6. The number of sulfone groups is 1. The van der Waals surface area contributed by atoms with Crippen molar-refractivity contribution in [1.82, 2.24) is 25.1 Å². The standard InChI is InChI=1S/C16H21N5O3S/c1-3-20(14-8-9-25(23,24)11-14)15(22)10-21-18-16(17-19-21)13-6-4-12(2)5-7-13/h4-7,14H,3,8-11H2,1-2H3/t14-/m0/s1. The molecule has 8 nitrogen and oxygen atoms in total. The summed E-state index contributed by atoms with van der Waals surface area (Å²) in [5, 5.41) is 12.2. The first-order valence-corrected chi connectivity index (χ1v) is 10.0. The van der Waals surface area contributed by atoms with Gasteiger partial charge in [0.1, 0.15) is 6.54 Å². The van der Waals surface area contributed by atoms with Gasteiger partial charge in [-0.2, -0.15) is 4.80 Å². The summed E-state index contributed by atoms with van der Waals surface area (Å²) in [5.74, 6) is 0.434. The molecule has 1 aromatic heterocycles. The number of carbonyl (C=O) groups is 1. The van der Waals surface area contributed by atoms with Crippen LogP contribution in [0.15, 0.2) is 24.3 Å². The minimum atomic E-state index is -3.04. The van der Waals surface area contributed by atoms with Crippen molar-refractivity contribution >= 4 is 15.7 Å². The summed E-state index contributed by atoms with van der Waals surface area (Å²) in [6, 6.07) is 7.46. The maximum absolute atomic E-state index is 12.5. The van der Waals surface area contributed by atoms with Gasteiger partial charge in [-0.15, -0.1) is 10.2 Å². The van der Waals surface area contributed by atoms with Crippen LogP contribution in [-0.4, -0.2) is 63.5 Å². The van der Waals surface area contributed by atoms with Crippen molar-refractivity contribution < 1.29 is 13.2 Å². The molecule has 0 aliphatic carbocycles. The van der Waals surface area contributed by atoms with E-state index < -0.39 is 9.84 Å². The Kier molecular flexibility index (Phi) is 4.85. The van der Waals surface area contributed by atoms with E-state index in [0.717, 1.165) is 11.1 Å². The van der Waals surface area contributed by atoms with E-state index in [4.69, 9.17) is 0 Å². The number of aromatic nitrogens is 4. The van der Waals surface area contributed by atoms with E-state index in [0.29, 0.717) is 18.8 Å². The fraction of sp³-hybridized carbons (Fsp3) is 0.500. The summed E-state index contributed by atoms with van der Waals surface area (Å²) in [6.45, 7) is 4.24. The van der Waals surface area contributed by atoms with Crippen molar-refractivity contribution in [2.75, 3.05) is 18.1 Å². The number of nitrogens with zero attached hydrogens (tertiary/aromatic N) is 5. The van der Waals surface area contributed by atoms with Crippen molar-refractivity contribution in [1.29, 1.82) is 0 Å². The van der Waals surface area contributed by atoms with Crippen LogP contribution in [0, 0.1) is 6.92 Å². The Morgan fingerprint density at radius 1 is 1.32 bits per heavy atom. The molecule has 25 heavy (non-hydrogen) atoms. The number of aryl methyl sites for hydroxylation is 1. The fourth-order valence-electron chi connectivity index (χ4n) is 3.00. The summed E-state index contributed by atoms with van der Waals surface area (Å²) < 4.78 is 23.3. The van der Waals surface area contributed by atoms with E-state index in [1.54, 1.807) is 4.90 Å². The van der Waals surface area contributed by atoms with Crippen LogP contribution in [-0.2, 0) is 21.2 Å². The normalized spacial score (nSPS) is 19.0. The molecule has 1 aliphatic rings. The molecule has 2 aromatic rings. The van der Waals surface area contributed by atoms with E-state index in [1.807, 2.05) is 38.1 Å². The lowest BCUT2D eigenvalue weighted by molar-refractivity contribution is -0.133. The molecule has 134 valence electrons. The Hall–Kier alpha value is -2.29. The average Bonchev–Trinajstić information content (AvgIpc) is 3.15. The van der Waals surface area contributed by atoms with Crippen LogP contribution < -0.4 is 0 Å². The highest BCUT2D eigenvalue weighted by atomic mass is 32.2. The molecule has 0 unspecified atom stereocenters. The molecule has 0 N–H and O–H groups in total. The second-order valence-corrected chi connectivity index (χ2v) is 8.47. The van der Waals surface area contributed by atoms with Gasteiger partial charge in [0.05, 0.1) is 11.5 Å². The first-order chi connectivity index (χ1) is 11.9. The van der Waals surface area contributed by atoms with E-state index in [-0.39, 0.29) is 30.0 Å². The van der Waals surface area contributed by atoms with E-state index >= 15 is 0 Å².